The maximum atomic E-state index is 2.43. The highest BCUT2D eigenvalue weighted by molar-refractivity contribution is 5.83. The van der Waals surface area contributed by atoms with Crippen molar-refractivity contribution in [2.24, 2.45) is 0 Å². The molecule has 1 aliphatic heterocycles. The highest BCUT2D eigenvalue weighted by Gasteiger charge is 2.19. The summed E-state index contributed by atoms with van der Waals surface area (Å²) < 4.78 is 0. The minimum Gasteiger partial charge on any atom is -0.367 e. The van der Waals surface area contributed by atoms with Gasteiger partial charge in [-0.05, 0) is 24.1 Å². The third-order valence-electron chi connectivity index (χ3n) is 3.30. The molecule has 0 aliphatic carbocycles. The van der Waals surface area contributed by atoms with Gasteiger partial charge >= 0.3 is 0 Å². The predicted molar refractivity (Wildman–Crippen MR) is 68.6 cm³/mol. The Morgan fingerprint density at radius 2 is 1.62 bits per heavy atom. The molecule has 3 rings (SSSR count). The molecule has 0 fully saturated rings. The summed E-state index contributed by atoms with van der Waals surface area (Å²) in [4.78, 5) is 2.43. The molecular formula is C15H15N. The normalized spacial score (nSPS) is 13.2. The van der Waals surface area contributed by atoms with Gasteiger partial charge in [0.25, 0.3) is 0 Å². The van der Waals surface area contributed by atoms with Gasteiger partial charge in [0.05, 0.1) is 0 Å². The first-order valence-electron chi connectivity index (χ1n) is 5.82. The fraction of sp³-hybridized carbons (Fsp3) is 0.200. The minimum absolute atomic E-state index is 1.03. The third-order valence-corrected chi connectivity index (χ3v) is 3.30. The second-order valence-corrected chi connectivity index (χ2v) is 4.19. The standard InChI is InChI=1S/C15H15N/c1-2-16-11-12-7-3-4-8-13(12)14-9-5-6-10-15(14)16/h3-10H,2,11H2,1H3. The summed E-state index contributed by atoms with van der Waals surface area (Å²) in [6, 6.07) is 17.4. The molecule has 1 nitrogen and oxygen atoms in total. The number of para-hydroxylation sites is 1. The van der Waals surface area contributed by atoms with Gasteiger partial charge in [-0.25, -0.2) is 0 Å². The van der Waals surface area contributed by atoms with Crippen LogP contribution in [0.2, 0.25) is 0 Å². The largest absolute Gasteiger partial charge is 0.367 e. The van der Waals surface area contributed by atoms with Gasteiger partial charge in [0.1, 0.15) is 0 Å². The Bertz CT molecular complexity index is 516. The van der Waals surface area contributed by atoms with Crippen LogP contribution in [0.5, 0.6) is 0 Å². The lowest BCUT2D eigenvalue weighted by Gasteiger charge is -2.31. The van der Waals surface area contributed by atoms with Gasteiger partial charge in [-0.3, -0.25) is 0 Å². The number of fused-ring (bicyclic) bond motifs is 3. The molecule has 0 saturated carbocycles. The van der Waals surface area contributed by atoms with E-state index in [2.05, 4.69) is 60.4 Å². The van der Waals surface area contributed by atoms with Crippen LogP contribution in [-0.4, -0.2) is 6.54 Å². The van der Waals surface area contributed by atoms with Crippen LogP contribution >= 0.6 is 0 Å². The lowest BCUT2D eigenvalue weighted by Crippen LogP contribution is -2.25. The Morgan fingerprint density at radius 3 is 2.44 bits per heavy atom. The average molecular weight is 209 g/mol. The number of benzene rings is 2. The predicted octanol–water partition coefficient (Wildman–Crippen LogP) is 3.69. The monoisotopic (exact) mass is 209 g/mol. The van der Waals surface area contributed by atoms with Crippen LogP contribution in [0, 0.1) is 0 Å². The van der Waals surface area contributed by atoms with E-state index in [-0.39, 0.29) is 0 Å². The molecule has 0 saturated heterocycles. The molecule has 0 aromatic heterocycles. The van der Waals surface area contributed by atoms with Crippen LogP contribution in [0.1, 0.15) is 12.5 Å². The summed E-state index contributed by atoms with van der Waals surface area (Å²) in [6.45, 7) is 4.31. The van der Waals surface area contributed by atoms with Crippen molar-refractivity contribution in [2.75, 3.05) is 11.4 Å². The number of anilines is 1. The van der Waals surface area contributed by atoms with E-state index in [0.717, 1.165) is 13.1 Å². The number of hydrogen-bond donors (Lipinski definition) is 0. The van der Waals surface area contributed by atoms with Gasteiger partial charge in [-0.2, -0.15) is 0 Å². The number of nitrogens with zero attached hydrogens (tertiary/aromatic N) is 1. The van der Waals surface area contributed by atoms with Crippen LogP contribution in [0.4, 0.5) is 5.69 Å². The average Bonchev–Trinajstić information content (AvgIpc) is 2.38. The first-order valence-corrected chi connectivity index (χ1v) is 5.82. The van der Waals surface area contributed by atoms with Crippen molar-refractivity contribution in [3.63, 3.8) is 0 Å². The molecule has 16 heavy (non-hydrogen) atoms. The molecule has 0 unspecified atom stereocenters. The van der Waals surface area contributed by atoms with Crippen LogP contribution in [-0.2, 0) is 6.54 Å². The molecule has 1 heteroatoms. The van der Waals surface area contributed by atoms with E-state index in [1.807, 2.05) is 0 Å². The molecular weight excluding hydrogens is 194 g/mol. The summed E-state index contributed by atoms with van der Waals surface area (Å²) in [5.74, 6) is 0. The van der Waals surface area contributed by atoms with Gasteiger partial charge in [0, 0.05) is 24.3 Å². The molecule has 0 bridgehead atoms. The zero-order valence-electron chi connectivity index (χ0n) is 9.48. The zero-order chi connectivity index (χ0) is 11.0. The molecule has 2 aromatic rings. The number of hydrogen-bond acceptors (Lipinski definition) is 1. The summed E-state index contributed by atoms with van der Waals surface area (Å²) in [5.41, 5.74) is 5.56. The molecule has 0 spiro atoms. The zero-order valence-corrected chi connectivity index (χ0v) is 9.48. The van der Waals surface area contributed by atoms with Crippen molar-refractivity contribution < 1.29 is 0 Å². The second-order valence-electron chi connectivity index (χ2n) is 4.19. The lowest BCUT2D eigenvalue weighted by molar-refractivity contribution is 0.823. The van der Waals surface area contributed by atoms with E-state index in [4.69, 9.17) is 0 Å². The maximum Gasteiger partial charge on any atom is 0.0448 e. The summed E-state index contributed by atoms with van der Waals surface area (Å²) in [7, 11) is 0. The summed E-state index contributed by atoms with van der Waals surface area (Å²) >= 11 is 0. The first kappa shape index (κ1) is 9.46. The smallest absolute Gasteiger partial charge is 0.0448 e. The molecule has 1 heterocycles. The van der Waals surface area contributed by atoms with E-state index >= 15 is 0 Å². The number of rotatable bonds is 1. The van der Waals surface area contributed by atoms with Crippen molar-refractivity contribution in [2.45, 2.75) is 13.5 Å². The molecule has 1 aliphatic rings. The Morgan fingerprint density at radius 1 is 0.938 bits per heavy atom. The molecule has 0 amide bonds. The van der Waals surface area contributed by atoms with E-state index in [0.29, 0.717) is 0 Å². The Labute approximate surface area is 96.3 Å². The van der Waals surface area contributed by atoms with Crippen molar-refractivity contribution in [3.8, 4) is 11.1 Å². The van der Waals surface area contributed by atoms with Gasteiger partial charge in [-0.1, -0.05) is 42.5 Å². The summed E-state index contributed by atoms with van der Waals surface area (Å²) in [6.07, 6.45) is 0. The molecule has 2 aromatic carbocycles. The van der Waals surface area contributed by atoms with Crippen molar-refractivity contribution >= 4 is 5.69 Å². The second kappa shape index (κ2) is 3.67. The van der Waals surface area contributed by atoms with E-state index in [1.54, 1.807) is 0 Å². The van der Waals surface area contributed by atoms with E-state index in [9.17, 15) is 0 Å². The van der Waals surface area contributed by atoms with E-state index < -0.39 is 0 Å². The van der Waals surface area contributed by atoms with Gasteiger partial charge < -0.3 is 4.90 Å². The highest BCUT2D eigenvalue weighted by Crippen LogP contribution is 2.38. The van der Waals surface area contributed by atoms with Crippen molar-refractivity contribution in [1.82, 2.24) is 0 Å². The van der Waals surface area contributed by atoms with Gasteiger partial charge in [0.15, 0.2) is 0 Å². The maximum absolute atomic E-state index is 2.43. The van der Waals surface area contributed by atoms with Gasteiger partial charge in [-0.15, -0.1) is 0 Å². The Hall–Kier alpha value is -1.76. The van der Waals surface area contributed by atoms with Crippen LogP contribution < -0.4 is 4.90 Å². The van der Waals surface area contributed by atoms with E-state index in [1.165, 1.54) is 22.4 Å². The third kappa shape index (κ3) is 1.32. The lowest BCUT2D eigenvalue weighted by atomic mass is 9.93. The van der Waals surface area contributed by atoms with Gasteiger partial charge in [0.2, 0.25) is 0 Å². The highest BCUT2D eigenvalue weighted by atomic mass is 15.1. The molecule has 0 atom stereocenters. The van der Waals surface area contributed by atoms with Crippen LogP contribution in [0.3, 0.4) is 0 Å². The summed E-state index contributed by atoms with van der Waals surface area (Å²) in [5, 5.41) is 0. The van der Waals surface area contributed by atoms with Crippen molar-refractivity contribution in [1.29, 1.82) is 0 Å². The Kier molecular flexibility index (Phi) is 2.17. The molecule has 0 radical (unpaired) electrons. The molecule has 80 valence electrons. The van der Waals surface area contributed by atoms with Crippen LogP contribution in [0.25, 0.3) is 11.1 Å². The fourth-order valence-corrected chi connectivity index (χ4v) is 2.47. The first-order chi connectivity index (χ1) is 7.90. The molecule has 0 N–H and O–H groups in total. The fourth-order valence-electron chi connectivity index (χ4n) is 2.47. The SMILES string of the molecule is CCN1Cc2ccccc2-c2ccccc21. The van der Waals surface area contributed by atoms with Crippen molar-refractivity contribution in [3.05, 3.63) is 54.1 Å². The Balaban J connectivity index is 2.24. The van der Waals surface area contributed by atoms with Crippen LogP contribution in [0.15, 0.2) is 48.5 Å². The quantitative estimate of drug-likeness (QED) is 0.692. The topological polar surface area (TPSA) is 3.24 Å². The minimum atomic E-state index is 1.03.